The predicted molar refractivity (Wildman–Crippen MR) is 69.8 cm³/mol. The molecule has 0 unspecified atom stereocenters. The number of carbonyl (C=O) groups is 1. The van der Waals surface area contributed by atoms with E-state index in [2.05, 4.69) is 4.98 Å². The number of benzene rings is 1. The first-order valence-electron chi connectivity index (χ1n) is 5.56. The minimum Gasteiger partial charge on any atom is -0.504 e. The molecule has 5 heteroatoms. The average Bonchev–Trinajstić information content (AvgIpc) is 2.47. The van der Waals surface area contributed by atoms with Gasteiger partial charge in [0, 0.05) is 11.8 Å². The van der Waals surface area contributed by atoms with E-state index in [0.717, 1.165) is 0 Å². The first-order chi connectivity index (χ1) is 9.21. The van der Waals surface area contributed by atoms with Gasteiger partial charge in [-0.15, -0.1) is 0 Å². The third-order valence-electron chi connectivity index (χ3n) is 2.73. The molecule has 0 aliphatic rings. The minimum atomic E-state index is -0.177. The van der Waals surface area contributed by atoms with Gasteiger partial charge in [0.1, 0.15) is 0 Å². The van der Waals surface area contributed by atoms with E-state index >= 15 is 0 Å². The maximum atomic E-state index is 11.0. The minimum absolute atomic E-state index is 0.153. The fraction of sp³-hybridized carbons (Fsp3) is 0.143. The van der Waals surface area contributed by atoms with E-state index in [9.17, 15) is 9.90 Å². The molecule has 0 amide bonds. The summed E-state index contributed by atoms with van der Waals surface area (Å²) in [6, 6.07) is 6.76. The molecule has 0 saturated heterocycles. The number of pyridine rings is 1. The van der Waals surface area contributed by atoms with E-state index in [-0.39, 0.29) is 17.1 Å². The predicted octanol–water partition coefficient (Wildman–Crippen LogP) is 2.28. The molecule has 0 bridgehead atoms. The van der Waals surface area contributed by atoms with Gasteiger partial charge >= 0.3 is 0 Å². The molecule has 1 heterocycles. The zero-order valence-electron chi connectivity index (χ0n) is 10.6. The average molecular weight is 259 g/mol. The maximum Gasteiger partial charge on any atom is 0.221 e. The van der Waals surface area contributed by atoms with Crippen LogP contribution in [0.1, 0.15) is 10.4 Å². The molecule has 0 fully saturated rings. The molecule has 0 aliphatic carbocycles. The van der Waals surface area contributed by atoms with Crippen LogP contribution >= 0.6 is 0 Å². The summed E-state index contributed by atoms with van der Waals surface area (Å²) in [5.41, 5.74) is 1.55. The van der Waals surface area contributed by atoms with Crippen LogP contribution in [0.15, 0.2) is 30.5 Å². The van der Waals surface area contributed by atoms with E-state index < -0.39 is 0 Å². The molecule has 19 heavy (non-hydrogen) atoms. The molecule has 0 aliphatic heterocycles. The Morgan fingerprint density at radius 3 is 2.68 bits per heavy atom. The Kier molecular flexibility index (Phi) is 3.66. The fourth-order valence-electron chi connectivity index (χ4n) is 1.80. The number of ether oxygens (including phenoxy) is 2. The Morgan fingerprint density at radius 2 is 2.05 bits per heavy atom. The molecule has 1 aromatic heterocycles. The van der Waals surface area contributed by atoms with Crippen molar-refractivity contribution in [3.05, 3.63) is 36.0 Å². The molecule has 5 nitrogen and oxygen atoms in total. The molecule has 0 saturated carbocycles. The number of carbonyl (C=O) groups excluding carboxylic acids is 1. The van der Waals surface area contributed by atoms with Crippen molar-refractivity contribution in [3.63, 3.8) is 0 Å². The van der Waals surface area contributed by atoms with Gasteiger partial charge in [0.25, 0.3) is 0 Å². The van der Waals surface area contributed by atoms with Crippen LogP contribution in [0.2, 0.25) is 0 Å². The maximum absolute atomic E-state index is 11.0. The summed E-state index contributed by atoms with van der Waals surface area (Å²) in [4.78, 5) is 15.1. The smallest absolute Gasteiger partial charge is 0.221 e. The highest BCUT2D eigenvalue weighted by Crippen LogP contribution is 2.37. The Hall–Kier alpha value is -2.56. The molecule has 0 radical (unpaired) electrons. The molecule has 0 spiro atoms. The standard InChI is InChI=1S/C14H13NO4/c1-18-12-7-9(6-10(8-16)13(12)17)11-4-3-5-15-14(11)19-2/h3-8,17H,1-2H3. The van der Waals surface area contributed by atoms with E-state index in [4.69, 9.17) is 9.47 Å². The van der Waals surface area contributed by atoms with Crippen molar-refractivity contribution >= 4 is 6.29 Å². The number of aromatic nitrogens is 1. The van der Waals surface area contributed by atoms with Crippen LogP contribution in [0.4, 0.5) is 0 Å². The number of hydrogen-bond acceptors (Lipinski definition) is 5. The van der Waals surface area contributed by atoms with Gasteiger partial charge in [-0.2, -0.15) is 0 Å². The van der Waals surface area contributed by atoms with Crippen molar-refractivity contribution in [2.45, 2.75) is 0 Å². The third kappa shape index (κ3) is 2.35. The second kappa shape index (κ2) is 5.39. The van der Waals surface area contributed by atoms with Gasteiger partial charge in [-0.1, -0.05) is 0 Å². The molecule has 1 N–H and O–H groups in total. The molecule has 1 aromatic carbocycles. The number of methoxy groups -OCH3 is 2. The van der Waals surface area contributed by atoms with Crippen molar-refractivity contribution in [1.82, 2.24) is 4.98 Å². The number of aldehydes is 1. The van der Waals surface area contributed by atoms with Gasteiger partial charge in [-0.05, 0) is 29.8 Å². The number of phenols is 1. The van der Waals surface area contributed by atoms with Crippen LogP contribution in [-0.2, 0) is 0 Å². The van der Waals surface area contributed by atoms with Crippen LogP contribution in [0.5, 0.6) is 17.4 Å². The van der Waals surface area contributed by atoms with Gasteiger partial charge in [0.15, 0.2) is 17.8 Å². The lowest BCUT2D eigenvalue weighted by Gasteiger charge is -2.11. The lowest BCUT2D eigenvalue weighted by molar-refractivity contribution is 0.112. The van der Waals surface area contributed by atoms with Crippen molar-refractivity contribution in [2.24, 2.45) is 0 Å². The van der Waals surface area contributed by atoms with Crippen molar-refractivity contribution in [3.8, 4) is 28.5 Å². The summed E-state index contributed by atoms with van der Waals surface area (Å²) < 4.78 is 10.2. The Morgan fingerprint density at radius 1 is 1.26 bits per heavy atom. The fourth-order valence-corrected chi connectivity index (χ4v) is 1.80. The second-order valence-corrected chi connectivity index (χ2v) is 3.79. The molecule has 2 rings (SSSR count). The molecule has 98 valence electrons. The van der Waals surface area contributed by atoms with E-state index in [1.54, 1.807) is 24.4 Å². The number of hydrogen-bond donors (Lipinski definition) is 1. The highest BCUT2D eigenvalue weighted by molar-refractivity contribution is 5.85. The number of phenolic OH excluding ortho intramolecular Hbond substituents is 1. The molecular formula is C14H13NO4. The first-order valence-corrected chi connectivity index (χ1v) is 5.56. The van der Waals surface area contributed by atoms with Gasteiger partial charge in [-0.25, -0.2) is 4.98 Å². The van der Waals surface area contributed by atoms with Gasteiger partial charge in [0.05, 0.1) is 19.8 Å². The van der Waals surface area contributed by atoms with Crippen molar-refractivity contribution in [1.29, 1.82) is 0 Å². The monoisotopic (exact) mass is 259 g/mol. The highest BCUT2D eigenvalue weighted by Gasteiger charge is 2.14. The summed E-state index contributed by atoms with van der Waals surface area (Å²) in [7, 11) is 2.94. The topological polar surface area (TPSA) is 68.7 Å². The summed E-state index contributed by atoms with van der Waals surface area (Å²) in [6.07, 6.45) is 2.19. The number of nitrogens with zero attached hydrogens (tertiary/aromatic N) is 1. The van der Waals surface area contributed by atoms with Crippen LogP contribution in [-0.4, -0.2) is 30.6 Å². The number of rotatable bonds is 4. The SMILES string of the molecule is COc1cc(-c2cccnc2OC)cc(C=O)c1O. The lowest BCUT2D eigenvalue weighted by Crippen LogP contribution is -1.94. The molecular weight excluding hydrogens is 246 g/mol. The summed E-state index contributed by atoms with van der Waals surface area (Å²) in [6.45, 7) is 0. The summed E-state index contributed by atoms with van der Waals surface area (Å²) in [5, 5.41) is 9.78. The quantitative estimate of drug-likeness (QED) is 0.853. The van der Waals surface area contributed by atoms with Crippen molar-refractivity contribution < 1.29 is 19.4 Å². The Labute approximate surface area is 110 Å². The molecule has 0 atom stereocenters. The van der Waals surface area contributed by atoms with Crippen LogP contribution in [0.25, 0.3) is 11.1 Å². The van der Waals surface area contributed by atoms with Crippen LogP contribution in [0.3, 0.4) is 0 Å². The summed E-state index contributed by atoms with van der Waals surface area (Å²) >= 11 is 0. The third-order valence-corrected chi connectivity index (χ3v) is 2.73. The Balaban J connectivity index is 2.65. The zero-order valence-corrected chi connectivity index (χ0v) is 10.6. The van der Waals surface area contributed by atoms with Crippen LogP contribution in [0, 0.1) is 0 Å². The summed E-state index contributed by atoms with van der Waals surface area (Å²) in [5.74, 6) is 0.488. The van der Waals surface area contributed by atoms with E-state index in [1.807, 2.05) is 6.07 Å². The Bertz CT molecular complexity index is 610. The zero-order chi connectivity index (χ0) is 13.8. The van der Waals surface area contributed by atoms with E-state index in [0.29, 0.717) is 23.3 Å². The first kappa shape index (κ1) is 12.9. The van der Waals surface area contributed by atoms with Gasteiger partial charge < -0.3 is 14.6 Å². The van der Waals surface area contributed by atoms with Gasteiger partial charge in [-0.3, -0.25) is 4.79 Å². The van der Waals surface area contributed by atoms with Crippen LogP contribution < -0.4 is 9.47 Å². The highest BCUT2D eigenvalue weighted by atomic mass is 16.5. The van der Waals surface area contributed by atoms with Crippen molar-refractivity contribution in [2.75, 3.05) is 14.2 Å². The molecule has 2 aromatic rings. The normalized spacial score (nSPS) is 10.0. The largest absolute Gasteiger partial charge is 0.504 e. The van der Waals surface area contributed by atoms with Gasteiger partial charge in [0.2, 0.25) is 5.88 Å². The van der Waals surface area contributed by atoms with E-state index in [1.165, 1.54) is 14.2 Å². The second-order valence-electron chi connectivity index (χ2n) is 3.79. The lowest BCUT2D eigenvalue weighted by atomic mass is 10.0. The number of aromatic hydroxyl groups is 1.